The largest absolute Gasteiger partial charge is 0.353 e. The number of nitrogens with one attached hydrogen (secondary N) is 1. The smallest absolute Gasteiger partial charge is 0.234 e. The lowest BCUT2D eigenvalue weighted by atomic mass is 10.3. The normalized spacial score (nSPS) is 11.0. The fourth-order valence-electron chi connectivity index (χ4n) is 1.22. The van der Waals surface area contributed by atoms with E-state index in [1.165, 1.54) is 0 Å². The van der Waals surface area contributed by atoms with Crippen molar-refractivity contribution in [2.24, 2.45) is 5.73 Å². The number of hydrogen-bond acceptors (Lipinski definition) is 3. The molecular weight excluding hydrogens is 178 g/mol. The van der Waals surface area contributed by atoms with Gasteiger partial charge in [0, 0.05) is 6.04 Å². The Labute approximate surface area is 86.8 Å². The van der Waals surface area contributed by atoms with Crippen LogP contribution < -0.4 is 11.1 Å². The Hall–Kier alpha value is -0.610. The minimum absolute atomic E-state index is 0.0928. The molecular formula is C10H23N3O. The van der Waals surface area contributed by atoms with Crippen LogP contribution in [-0.4, -0.2) is 43.5 Å². The van der Waals surface area contributed by atoms with Crippen molar-refractivity contribution < 1.29 is 4.79 Å². The molecule has 0 saturated heterocycles. The highest BCUT2D eigenvalue weighted by molar-refractivity contribution is 5.78. The van der Waals surface area contributed by atoms with Crippen molar-refractivity contribution in [3.05, 3.63) is 0 Å². The molecule has 0 rings (SSSR count). The van der Waals surface area contributed by atoms with Crippen molar-refractivity contribution >= 4 is 5.91 Å². The maximum atomic E-state index is 11.3. The molecule has 1 amide bonds. The van der Waals surface area contributed by atoms with Crippen molar-refractivity contribution in [1.82, 2.24) is 10.2 Å². The number of amides is 1. The highest BCUT2D eigenvalue weighted by atomic mass is 16.2. The van der Waals surface area contributed by atoms with Crippen molar-refractivity contribution in [3.63, 3.8) is 0 Å². The van der Waals surface area contributed by atoms with E-state index in [-0.39, 0.29) is 11.9 Å². The molecule has 0 aliphatic heterocycles. The first-order chi connectivity index (χ1) is 6.56. The third-order valence-corrected chi connectivity index (χ3v) is 1.86. The van der Waals surface area contributed by atoms with E-state index in [1.54, 1.807) is 0 Å². The highest BCUT2D eigenvalue weighted by Crippen LogP contribution is 1.91. The summed E-state index contributed by atoms with van der Waals surface area (Å²) < 4.78 is 0. The molecule has 4 heteroatoms. The molecule has 0 bridgehead atoms. The van der Waals surface area contributed by atoms with Crippen molar-refractivity contribution in [3.8, 4) is 0 Å². The summed E-state index contributed by atoms with van der Waals surface area (Å²) in [5.41, 5.74) is 5.38. The third-order valence-electron chi connectivity index (χ3n) is 1.86. The molecule has 0 radical (unpaired) electrons. The molecule has 0 saturated carbocycles. The van der Waals surface area contributed by atoms with Gasteiger partial charge in [0.2, 0.25) is 5.91 Å². The Morgan fingerprint density at radius 2 is 2.07 bits per heavy atom. The van der Waals surface area contributed by atoms with Crippen LogP contribution in [0.1, 0.15) is 26.7 Å². The molecule has 84 valence electrons. The number of likely N-dealkylation sites (N-methyl/N-ethyl adjacent to an activating group) is 1. The summed E-state index contributed by atoms with van der Waals surface area (Å²) in [7, 11) is 1.95. The van der Waals surface area contributed by atoms with E-state index in [2.05, 4.69) is 5.32 Å². The Balaban J connectivity index is 3.50. The number of nitrogens with two attached hydrogens (primary N) is 1. The van der Waals surface area contributed by atoms with Gasteiger partial charge in [-0.05, 0) is 46.8 Å². The van der Waals surface area contributed by atoms with Crippen LogP contribution in [0.4, 0.5) is 0 Å². The number of unbranched alkanes of at least 4 members (excludes halogenated alkanes) is 1. The Morgan fingerprint density at radius 1 is 1.43 bits per heavy atom. The molecule has 4 nitrogen and oxygen atoms in total. The van der Waals surface area contributed by atoms with E-state index in [4.69, 9.17) is 5.73 Å². The number of hydrogen-bond donors (Lipinski definition) is 2. The molecule has 0 aliphatic carbocycles. The second kappa shape index (κ2) is 7.76. The van der Waals surface area contributed by atoms with E-state index in [0.29, 0.717) is 6.54 Å². The number of nitrogens with zero attached hydrogens (tertiary/aromatic N) is 1. The average Bonchev–Trinajstić information content (AvgIpc) is 2.02. The maximum absolute atomic E-state index is 11.3. The van der Waals surface area contributed by atoms with Crippen LogP contribution in [0.15, 0.2) is 0 Å². The standard InChI is InChI=1S/C10H23N3O/c1-9(2)12-10(14)8-13(3)7-5-4-6-11/h9H,4-8,11H2,1-3H3,(H,12,14). The fraction of sp³-hybridized carbons (Fsp3) is 0.900. The van der Waals surface area contributed by atoms with Gasteiger partial charge < -0.3 is 11.1 Å². The first-order valence-corrected chi connectivity index (χ1v) is 5.24. The van der Waals surface area contributed by atoms with Gasteiger partial charge in [-0.3, -0.25) is 9.69 Å². The van der Waals surface area contributed by atoms with Gasteiger partial charge in [-0.1, -0.05) is 0 Å². The van der Waals surface area contributed by atoms with Crippen molar-refractivity contribution in [1.29, 1.82) is 0 Å². The topological polar surface area (TPSA) is 58.4 Å². The summed E-state index contributed by atoms with van der Waals surface area (Å²) >= 11 is 0. The molecule has 0 spiro atoms. The zero-order chi connectivity index (χ0) is 11.0. The average molecular weight is 201 g/mol. The first-order valence-electron chi connectivity index (χ1n) is 5.24. The zero-order valence-corrected chi connectivity index (χ0v) is 9.55. The molecule has 14 heavy (non-hydrogen) atoms. The van der Waals surface area contributed by atoms with Crippen LogP contribution >= 0.6 is 0 Å². The van der Waals surface area contributed by atoms with E-state index < -0.39 is 0 Å². The van der Waals surface area contributed by atoms with Gasteiger partial charge >= 0.3 is 0 Å². The molecule has 0 aromatic heterocycles. The summed E-state index contributed by atoms with van der Waals surface area (Å²) in [6.45, 7) is 6.07. The third kappa shape index (κ3) is 8.01. The van der Waals surface area contributed by atoms with Crippen molar-refractivity contribution in [2.45, 2.75) is 32.7 Å². The highest BCUT2D eigenvalue weighted by Gasteiger charge is 2.06. The van der Waals surface area contributed by atoms with Gasteiger partial charge in [-0.2, -0.15) is 0 Å². The lowest BCUT2D eigenvalue weighted by Crippen LogP contribution is -2.38. The predicted molar refractivity (Wildman–Crippen MR) is 59.1 cm³/mol. The van der Waals surface area contributed by atoms with Crippen LogP contribution in [-0.2, 0) is 4.79 Å². The summed E-state index contributed by atoms with van der Waals surface area (Å²) in [6.07, 6.45) is 2.08. The maximum Gasteiger partial charge on any atom is 0.234 e. The van der Waals surface area contributed by atoms with Crippen LogP contribution in [0, 0.1) is 0 Å². The van der Waals surface area contributed by atoms with Crippen LogP contribution in [0.2, 0.25) is 0 Å². The van der Waals surface area contributed by atoms with Gasteiger partial charge in [0.1, 0.15) is 0 Å². The lowest BCUT2D eigenvalue weighted by molar-refractivity contribution is -0.122. The molecule has 0 aromatic carbocycles. The second-order valence-corrected chi connectivity index (χ2v) is 3.96. The van der Waals surface area contributed by atoms with Gasteiger partial charge in [-0.15, -0.1) is 0 Å². The van der Waals surface area contributed by atoms with Gasteiger partial charge in [0.15, 0.2) is 0 Å². The monoisotopic (exact) mass is 201 g/mol. The van der Waals surface area contributed by atoms with E-state index in [0.717, 1.165) is 25.9 Å². The van der Waals surface area contributed by atoms with Crippen LogP contribution in [0.3, 0.4) is 0 Å². The van der Waals surface area contributed by atoms with E-state index in [1.807, 2.05) is 25.8 Å². The minimum atomic E-state index is 0.0928. The molecule has 3 N–H and O–H groups in total. The fourth-order valence-corrected chi connectivity index (χ4v) is 1.22. The van der Waals surface area contributed by atoms with Crippen molar-refractivity contribution in [2.75, 3.05) is 26.7 Å². The zero-order valence-electron chi connectivity index (χ0n) is 9.55. The predicted octanol–water partition coefficient (Wildman–Crippen LogP) is 0.182. The molecule has 0 fully saturated rings. The second-order valence-electron chi connectivity index (χ2n) is 3.96. The summed E-state index contributed by atoms with van der Waals surface area (Å²) in [5.74, 6) is 0.0928. The SMILES string of the molecule is CC(C)NC(=O)CN(C)CCCCN. The number of rotatable bonds is 7. The minimum Gasteiger partial charge on any atom is -0.353 e. The van der Waals surface area contributed by atoms with Gasteiger partial charge in [0.25, 0.3) is 0 Å². The Morgan fingerprint density at radius 3 is 2.57 bits per heavy atom. The molecule has 0 atom stereocenters. The molecule has 0 unspecified atom stereocenters. The van der Waals surface area contributed by atoms with Crippen LogP contribution in [0.5, 0.6) is 0 Å². The lowest BCUT2D eigenvalue weighted by Gasteiger charge is -2.16. The quantitative estimate of drug-likeness (QED) is 0.578. The summed E-state index contributed by atoms with van der Waals surface area (Å²) in [4.78, 5) is 13.3. The molecule has 0 aromatic rings. The van der Waals surface area contributed by atoms with E-state index >= 15 is 0 Å². The summed E-state index contributed by atoms with van der Waals surface area (Å²) in [6, 6.07) is 0.222. The van der Waals surface area contributed by atoms with Gasteiger partial charge in [0.05, 0.1) is 6.54 Å². The molecule has 0 heterocycles. The number of carbonyl (C=O) groups is 1. The number of carbonyl (C=O) groups excluding carboxylic acids is 1. The van der Waals surface area contributed by atoms with Crippen LogP contribution in [0.25, 0.3) is 0 Å². The molecule has 0 aliphatic rings. The Kier molecular flexibility index (Phi) is 7.42. The van der Waals surface area contributed by atoms with Gasteiger partial charge in [-0.25, -0.2) is 0 Å². The summed E-state index contributed by atoms with van der Waals surface area (Å²) in [5, 5.41) is 2.86. The van der Waals surface area contributed by atoms with E-state index in [9.17, 15) is 4.79 Å². The first kappa shape index (κ1) is 13.4. The Bertz CT molecular complexity index is 159.